The molecule has 0 bridgehead atoms. The summed E-state index contributed by atoms with van der Waals surface area (Å²) in [7, 11) is 0. The van der Waals surface area contributed by atoms with Crippen molar-refractivity contribution in [2.45, 2.75) is 52.0 Å². The third-order valence-electron chi connectivity index (χ3n) is 5.26. The quantitative estimate of drug-likeness (QED) is 0.808. The second-order valence-corrected chi connectivity index (χ2v) is 7.09. The zero-order chi connectivity index (χ0) is 13.2. The summed E-state index contributed by atoms with van der Waals surface area (Å²) in [6.45, 7) is 8.47. The molecule has 1 aliphatic heterocycles. The Hall–Kier alpha value is -0.120. The van der Waals surface area contributed by atoms with Gasteiger partial charge < -0.3 is 15.7 Å². The monoisotopic (exact) mass is 254 g/mol. The molecule has 1 aliphatic carbocycles. The number of piperidine rings is 1. The van der Waals surface area contributed by atoms with Crippen LogP contribution < -0.4 is 5.73 Å². The van der Waals surface area contributed by atoms with Crippen LogP contribution in [0.15, 0.2) is 0 Å². The molecule has 18 heavy (non-hydrogen) atoms. The van der Waals surface area contributed by atoms with Crippen molar-refractivity contribution >= 4 is 0 Å². The predicted molar refractivity (Wildman–Crippen MR) is 75.3 cm³/mol. The molecule has 1 heterocycles. The summed E-state index contributed by atoms with van der Waals surface area (Å²) in [4.78, 5) is 2.57. The highest BCUT2D eigenvalue weighted by molar-refractivity contribution is 4.92. The average Bonchev–Trinajstić information content (AvgIpc) is 2.36. The van der Waals surface area contributed by atoms with Crippen LogP contribution in [-0.4, -0.2) is 42.3 Å². The Labute approximate surface area is 112 Å². The van der Waals surface area contributed by atoms with Gasteiger partial charge in [-0.2, -0.15) is 0 Å². The van der Waals surface area contributed by atoms with E-state index >= 15 is 0 Å². The zero-order valence-electron chi connectivity index (χ0n) is 12.1. The number of likely N-dealkylation sites (tertiary alicyclic amines) is 1. The van der Waals surface area contributed by atoms with Crippen molar-refractivity contribution in [3.8, 4) is 0 Å². The Morgan fingerprint density at radius 2 is 1.89 bits per heavy atom. The lowest BCUT2D eigenvalue weighted by Gasteiger charge is -2.44. The molecule has 0 radical (unpaired) electrons. The Morgan fingerprint density at radius 3 is 2.50 bits per heavy atom. The normalized spacial score (nSPS) is 34.7. The molecule has 2 rings (SSSR count). The van der Waals surface area contributed by atoms with Gasteiger partial charge in [-0.1, -0.05) is 20.3 Å². The molecule has 106 valence electrons. The lowest BCUT2D eigenvalue weighted by molar-refractivity contribution is 0.0753. The molecule has 1 saturated heterocycles. The van der Waals surface area contributed by atoms with E-state index in [9.17, 15) is 5.11 Å². The Bertz CT molecular complexity index is 259. The number of hydrogen-bond acceptors (Lipinski definition) is 3. The highest BCUT2D eigenvalue weighted by Crippen LogP contribution is 2.38. The van der Waals surface area contributed by atoms with E-state index < -0.39 is 0 Å². The van der Waals surface area contributed by atoms with Crippen LogP contribution in [0, 0.1) is 17.3 Å². The van der Waals surface area contributed by atoms with Crippen LogP contribution in [-0.2, 0) is 0 Å². The van der Waals surface area contributed by atoms with Crippen LogP contribution in [0.25, 0.3) is 0 Å². The van der Waals surface area contributed by atoms with Crippen LogP contribution in [0.2, 0.25) is 0 Å². The van der Waals surface area contributed by atoms with Gasteiger partial charge >= 0.3 is 0 Å². The Balaban J connectivity index is 1.82. The largest absolute Gasteiger partial charge is 0.396 e. The molecule has 3 N–H and O–H groups in total. The standard InChI is InChI=1S/C15H30N2O/c1-15(2)7-3-4-13(14(15)16)10-17-8-5-12(11-18)6-9-17/h12-14,18H,3-11,16H2,1-2H3. The maximum atomic E-state index is 9.17. The van der Waals surface area contributed by atoms with E-state index in [1.807, 2.05) is 0 Å². The molecular weight excluding hydrogens is 224 g/mol. The lowest BCUT2D eigenvalue weighted by Crippen LogP contribution is -2.51. The minimum Gasteiger partial charge on any atom is -0.396 e. The first kappa shape index (κ1) is 14.3. The van der Waals surface area contributed by atoms with Gasteiger partial charge in [-0.15, -0.1) is 0 Å². The van der Waals surface area contributed by atoms with Crippen molar-refractivity contribution in [2.24, 2.45) is 23.0 Å². The third kappa shape index (κ3) is 3.25. The van der Waals surface area contributed by atoms with Gasteiger partial charge in [0.05, 0.1) is 0 Å². The molecule has 3 heteroatoms. The molecule has 2 fully saturated rings. The fourth-order valence-corrected chi connectivity index (χ4v) is 3.69. The minimum absolute atomic E-state index is 0.312. The molecule has 0 aromatic rings. The van der Waals surface area contributed by atoms with Gasteiger partial charge in [-0.05, 0) is 56.0 Å². The molecule has 2 atom stereocenters. The van der Waals surface area contributed by atoms with Crippen molar-refractivity contribution in [3.63, 3.8) is 0 Å². The molecule has 0 amide bonds. The van der Waals surface area contributed by atoms with E-state index in [1.54, 1.807) is 0 Å². The molecule has 0 spiro atoms. The maximum absolute atomic E-state index is 9.17. The van der Waals surface area contributed by atoms with Gasteiger partial charge in [0.1, 0.15) is 0 Å². The van der Waals surface area contributed by atoms with E-state index in [4.69, 9.17) is 5.73 Å². The zero-order valence-corrected chi connectivity index (χ0v) is 12.1. The van der Waals surface area contributed by atoms with E-state index in [0.717, 1.165) is 25.9 Å². The number of aliphatic hydroxyl groups excluding tert-OH is 1. The van der Waals surface area contributed by atoms with Gasteiger partial charge in [0.15, 0.2) is 0 Å². The molecular formula is C15H30N2O. The summed E-state index contributed by atoms with van der Waals surface area (Å²) in [6.07, 6.45) is 6.21. The van der Waals surface area contributed by atoms with Crippen molar-refractivity contribution in [3.05, 3.63) is 0 Å². The van der Waals surface area contributed by atoms with Gasteiger partial charge in [0, 0.05) is 19.2 Å². The Kier molecular flexibility index (Phi) is 4.68. The van der Waals surface area contributed by atoms with Crippen molar-refractivity contribution in [1.29, 1.82) is 0 Å². The van der Waals surface area contributed by atoms with Gasteiger partial charge in [0.2, 0.25) is 0 Å². The number of aliphatic hydroxyl groups is 1. The van der Waals surface area contributed by atoms with E-state index in [1.165, 1.54) is 25.8 Å². The number of nitrogens with zero attached hydrogens (tertiary/aromatic N) is 1. The molecule has 2 aliphatic rings. The van der Waals surface area contributed by atoms with Crippen molar-refractivity contribution in [1.82, 2.24) is 4.90 Å². The molecule has 2 unspecified atom stereocenters. The molecule has 1 saturated carbocycles. The molecule has 0 aromatic heterocycles. The summed E-state index contributed by atoms with van der Waals surface area (Å²) in [5.74, 6) is 1.21. The molecule has 0 aromatic carbocycles. The van der Waals surface area contributed by atoms with Crippen LogP contribution in [0.3, 0.4) is 0 Å². The van der Waals surface area contributed by atoms with Gasteiger partial charge in [0.25, 0.3) is 0 Å². The second kappa shape index (κ2) is 5.89. The fraction of sp³-hybridized carbons (Fsp3) is 1.00. The van der Waals surface area contributed by atoms with Crippen LogP contribution in [0.4, 0.5) is 0 Å². The lowest BCUT2D eigenvalue weighted by atomic mass is 9.68. The number of hydrogen-bond donors (Lipinski definition) is 2. The van der Waals surface area contributed by atoms with Gasteiger partial charge in [-0.3, -0.25) is 0 Å². The highest BCUT2D eigenvalue weighted by Gasteiger charge is 2.37. The first-order chi connectivity index (χ1) is 8.53. The SMILES string of the molecule is CC1(C)CCCC(CN2CCC(CO)CC2)C1N. The van der Waals surface area contributed by atoms with Crippen LogP contribution in [0.1, 0.15) is 46.0 Å². The fourth-order valence-electron chi connectivity index (χ4n) is 3.69. The maximum Gasteiger partial charge on any atom is 0.0460 e. The van der Waals surface area contributed by atoms with E-state index in [2.05, 4.69) is 18.7 Å². The summed E-state index contributed by atoms with van der Waals surface area (Å²) < 4.78 is 0. The Morgan fingerprint density at radius 1 is 1.22 bits per heavy atom. The molecule has 3 nitrogen and oxygen atoms in total. The van der Waals surface area contributed by atoms with Crippen LogP contribution >= 0.6 is 0 Å². The highest BCUT2D eigenvalue weighted by atomic mass is 16.3. The minimum atomic E-state index is 0.312. The van der Waals surface area contributed by atoms with Crippen molar-refractivity contribution in [2.75, 3.05) is 26.2 Å². The van der Waals surface area contributed by atoms with E-state index in [-0.39, 0.29) is 0 Å². The predicted octanol–water partition coefficient (Wildman–Crippen LogP) is 1.84. The summed E-state index contributed by atoms with van der Waals surface area (Å²) in [6, 6.07) is 0.349. The van der Waals surface area contributed by atoms with Crippen molar-refractivity contribution < 1.29 is 5.11 Å². The topological polar surface area (TPSA) is 49.5 Å². The summed E-state index contributed by atoms with van der Waals surface area (Å²) >= 11 is 0. The van der Waals surface area contributed by atoms with Crippen LogP contribution in [0.5, 0.6) is 0 Å². The smallest absolute Gasteiger partial charge is 0.0460 e. The first-order valence-electron chi connectivity index (χ1n) is 7.62. The summed E-state index contributed by atoms with van der Waals surface area (Å²) in [5, 5.41) is 9.17. The number of rotatable bonds is 3. The van der Waals surface area contributed by atoms with E-state index in [0.29, 0.717) is 29.9 Å². The number of nitrogens with two attached hydrogens (primary N) is 1. The third-order valence-corrected chi connectivity index (χ3v) is 5.26. The second-order valence-electron chi connectivity index (χ2n) is 7.09. The average molecular weight is 254 g/mol. The first-order valence-corrected chi connectivity index (χ1v) is 7.62. The van der Waals surface area contributed by atoms with Gasteiger partial charge in [-0.25, -0.2) is 0 Å². The summed E-state index contributed by atoms with van der Waals surface area (Å²) in [5.41, 5.74) is 6.77.